The summed E-state index contributed by atoms with van der Waals surface area (Å²) < 4.78 is 1.90. The highest BCUT2D eigenvalue weighted by atomic mass is 16.1. The van der Waals surface area contributed by atoms with Crippen LogP contribution in [0.15, 0.2) is 41.6 Å². The van der Waals surface area contributed by atoms with Gasteiger partial charge >= 0.3 is 0 Å². The van der Waals surface area contributed by atoms with Crippen LogP contribution in [-0.2, 0) is 13.0 Å². The minimum Gasteiger partial charge on any atom is -0.348 e. The minimum absolute atomic E-state index is 0.144. The number of carbonyl (C=O) groups is 1. The van der Waals surface area contributed by atoms with Gasteiger partial charge < -0.3 is 10.3 Å². The summed E-state index contributed by atoms with van der Waals surface area (Å²) in [6.45, 7) is 8.21. The van der Waals surface area contributed by atoms with Crippen molar-refractivity contribution < 1.29 is 4.79 Å². The molecule has 4 rings (SSSR count). The molecule has 8 heteroatoms. The molecule has 0 aliphatic carbocycles. The highest BCUT2D eigenvalue weighted by molar-refractivity contribution is 6.08. The molecule has 0 saturated heterocycles. The molecule has 8 nitrogen and oxygen atoms in total. The van der Waals surface area contributed by atoms with Gasteiger partial charge in [0.05, 0.1) is 23.5 Å². The van der Waals surface area contributed by atoms with Gasteiger partial charge in [0.2, 0.25) is 0 Å². The number of carbonyl (C=O) groups excluding carboxylic acids is 1. The van der Waals surface area contributed by atoms with Crippen LogP contribution in [0.2, 0.25) is 0 Å². The molecule has 0 aliphatic heterocycles. The van der Waals surface area contributed by atoms with E-state index in [2.05, 4.69) is 46.4 Å². The lowest BCUT2D eigenvalue weighted by Crippen LogP contribution is -2.28. The number of amides is 1. The summed E-state index contributed by atoms with van der Waals surface area (Å²) in [5.41, 5.74) is 5.40. The maximum Gasteiger partial charge on any atom is 0.253 e. The summed E-state index contributed by atoms with van der Waals surface area (Å²) in [4.78, 5) is 28.7. The van der Waals surface area contributed by atoms with Crippen LogP contribution in [0.3, 0.4) is 0 Å². The zero-order valence-corrected chi connectivity index (χ0v) is 18.8. The van der Waals surface area contributed by atoms with Gasteiger partial charge in [-0.1, -0.05) is 13.3 Å². The number of aromatic nitrogens is 5. The number of nitrogens with zero attached hydrogens (tertiary/aromatic N) is 3. The van der Waals surface area contributed by atoms with E-state index in [0.717, 1.165) is 46.1 Å². The minimum atomic E-state index is -0.244. The molecule has 32 heavy (non-hydrogen) atoms. The fraction of sp³-hybridized carbons (Fsp3) is 0.333. The number of hydrogen-bond donors (Lipinski definition) is 3. The lowest BCUT2D eigenvalue weighted by atomic mass is 10.0. The zero-order chi connectivity index (χ0) is 22.8. The maximum absolute atomic E-state index is 13.3. The number of benzene rings is 1. The van der Waals surface area contributed by atoms with Crippen molar-refractivity contribution in [2.75, 3.05) is 0 Å². The van der Waals surface area contributed by atoms with Crippen molar-refractivity contribution in [3.8, 4) is 11.1 Å². The summed E-state index contributed by atoms with van der Waals surface area (Å²) in [6, 6.07) is 6.00. The largest absolute Gasteiger partial charge is 0.348 e. The Bertz CT molecular complexity index is 1310. The Morgan fingerprint density at radius 1 is 1.19 bits per heavy atom. The van der Waals surface area contributed by atoms with Crippen LogP contribution in [0.5, 0.6) is 0 Å². The molecule has 0 unspecified atom stereocenters. The number of nitrogens with one attached hydrogen (secondary N) is 3. The molecule has 0 aliphatic rings. The third-order valence-electron chi connectivity index (χ3n) is 5.59. The highest BCUT2D eigenvalue weighted by Gasteiger charge is 2.18. The predicted octanol–water partition coefficient (Wildman–Crippen LogP) is 3.89. The van der Waals surface area contributed by atoms with Crippen molar-refractivity contribution in [1.82, 2.24) is 30.3 Å². The average Bonchev–Trinajstić information content (AvgIpc) is 3.42. The molecule has 1 aromatic carbocycles. The first-order chi connectivity index (χ1) is 15.4. The van der Waals surface area contributed by atoms with Crippen LogP contribution in [-0.4, -0.2) is 30.9 Å². The van der Waals surface area contributed by atoms with Gasteiger partial charge in [-0.05, 0) is 56.5 Å². The summed E-state index contributed by atoms with van der Waals surface area (Å²) in [7, 11) is 0. The molecule has 3 heterocycles. The molecule has 0 bridgehead atoms. The fourth-order valence-electron chi connectivity index (χ4n) is 4.06. The van der Waals surface area contributed by atoms with Crippen LogP contribution < -0.4 is 10.9 Å². The Balaban J connectivity index is 1.72. The van der Waals surface area contributed by atoms with E-state index in [0.29, 0.717) is 11.1 Å². The molecule has 1 amide bonds. The monoisotopic (exact) mass is 432 g/mol. The van der Waals surface area contributed by atoms with Crippen molar-refractivity contribution >= 4 is 16.8 Å². The topological polar surface area (TPSA) is 108 Å². The molecular weight excluding hydrogens is 404 g/mol. The maximum atomic E-state index is 13.3. The van der Waals surface area contributed by atoms with E-state index in [1.165, 1.54) is 0 Å². The van der Waals surface area contributed by atoms with Crippen LogP contribution >= 0.6 is 0 Å². The first kappa shape index (κ1) is 21.5. The molecule has 0 fully saturated rings. The van der Waals surface area contributed by atoms with Crippen LogP contribution in [0, 0.1) is 6.92 Å². The van der Waals surface area contributed by atoms with Crippen molar-refractivity contribution in [2.24, 2.45) is 0 Å². The summed E-state index contributed by atoms with van der Waals surface area (Å²) in [5, 5.41) is 15.1. The number of aryl methyl sites for hydroxylation is 2. The number of rotatable bonds is 7. The van der Waals surface area contributed by atoms with Gasteiger partial charge in [0.15, 0.2) is 0 Å². The molecule has 3 aromatic heterocycles. The lowest BCUT2D eigenvalue weighted by Gasteiger charge is -2.13. The van der Waals surface area contributed by atoms with E-state index >= 15 is 0 Å². The molecule has 0 atom stereocenters. The number of fused-ring (bicyclic) bond motifs is 1. The van der Waals surface area contributed by atoms with Crippen molar-refractivity contribution in [2.45, 2.75) is 53.1 Å². The lowest BCUT2D eigenvalue weighted by molar-refractivity contribution is 0.0952. The van der Waals surface area contributed by atoms with E-state index < -0.39 is 0 Å². The second-order valence-corrected chi connectivity index (χ2v) is 8.34. The molecule has 166 valence electrons. The van der Waals surface area contributed by atoms with E-state index in [-0.39, 0.29) is 24.1 Å². The van der Waals surface area contributed by atoms with Gasteiger partial charge in [-0.3, -0.25) is 19.4 Å². The molecule has 0 spiro atoms. The smallest absolute Gasteiger partial charge is 0.253 e. The normalized spacial score (nSPS) is 11.4. The summed E-state index contributed by atoms with van der Waals surface area (Å²) >= 11 is 0. The number of aromatic amines is 2. The predicted molar refractivity (Wildman–Crippen MR) is 125 cm³/mol. The number of pyridine rings is 1. The average molecular weight is 433 g/mol. The van der Waals surface area contributed by atoms with Crippen molar-refractivity contribution in [1.29, 1.82) is 0 Å². The highest BCUT2D eigenvalue weighted by Crippen LogP contribution is 2.29. The number of H-pyrrole nitrogens is 2. The quantitative estimate of drug-likeness (QED) is 0.412. The molecule has 0 radical (unpaired) electrons. The van der Waals surface area contributed by atoms with Gasteiger partial charge in [-0.2, -0.15) is 10.2 Å². The first-order valence-electron chi connectivity index (χ1n) is 10.9. The Labute approximate surface area is 186 Å². The molecule has 0 saturated carbocycles. The number of hydrogen-bond acceptors (Lipinski definition) is 4. The van der Waals surface area contributed by atoms with Gasteiger partial charge in [0.1, 0.15) is 0 Å². The second-order valence-electron chi connectivity index (χ2n) is 8.34. The van der Waals surface area contributed by atoms with Gasteiger partial charge in [-0.15, -0.1) is 0 Å². The van der Waals surface area contributed by atoms with Crippen LogP contribution in [0.25, 0.3) is 22.0 Å². The summed E-state index contributed by atoms with van der Waals surface area (Å²) in [6.07, 6.45) is 6.96. The van der Waals surface area contributed by atoms with Gasteiger partial charge in [0.25, 0.3) is 11.5 Å². The second kappa shape index (κ2) is 8.82. The zero-order valence-electron chi connectivity index (χ0n) is 18.8. The van der Waals surface area contributed by atoms with Crippen molar-refractivity contribution in [3.05, 3.63) is 69.5 Å². The van der Waals surface area contributed by atoms with Gasteiger partial charge in [-0.25, -0.2) is 0 Å². The third kappa shape index (κ3) is 4.08. The Morgan fingerprint density at radius 2 is 2.00 bits per heavy atom. The van der Waals surface area contributed by atoms with Crippen LogP contribution in [0.4, 0.5) is 0 Å². The van der Waals surface area contributed by atoms with E-state index in [4.69, 9.17) is 0 Å². The van der Waals surface area contributed by atoms with E-state index in [9.17, 15) is 9.59 Å². The Morgan fingerprint density at radius 3 is 2.69 bits per heavy atom. The summed E-state index contributed by atoms with van der Waals surface area (Å²) in [5.74, 6) is -0.244. The fourth-order valence-corrected chi connectivity index (χ4v) is 4.06. The SMILES string of the molecule is CCCc1cc(C)[nH]c(=O)c1CNC(=O)c1cc(-c2cn[nH]c2)cc2c1cnn2C(C)C. The van der Waals surface area contributed by atoms with Crippen LogP contribution in [0.1, 0.15) is 60.4 Å². The van der Waals surface area contributed by atoms with E-state index in [1.54, 1.807) is 18.6 Å². The molecule has 3 N–H and O–H groups in total. The van der Waals surface area contributed by atoms with Gasteiger partial charge in [0, 0.05) is 41.0 Å². The third-order valence-corrected chi connectivity index (χ3v) is 5.59. The molecule has 4 aromatic rings. The van der Waals surface area contributed by atoms with Crippen molar-refractivity contribution in [3.63, 3.8) is 0 Å². The first-order valence-corrected chi connectivity index (χ1v) is 10.9. The Kier molecular flexibility index (Phi) is 5.94. The van der Waals surface area contributed by atoms with E-state index in [1.807, 2.05) is 29.8 Å². The standard InChI is InChI=1S/C24H28N6O2/c1-5-6-16-7-15(4)29-24(32)20(16)12-25-23(31)19-8-17(18-10-26-27-11-18)9-22-21(19)13-28-30(22)14(2)3/h7-11,13-14H,5-6,12H2,1-4H3,(H,25,31)(H,26,27)(H,29,32). The molecular formula is C24H28N6O2. The Hall–Kier alpha value is -3.68.